The fourth-order valence-corrected chi connectivity index (χ4v) is 5.57. The maximum absolute atomic E-state index is 13.6. The number of fused-ring (bicyclic) bond motifs is 1. The van der Waals surface area contributed by atoms with Crippen molar-refractivity contribution < 1.29 is 28.9 Å². The number of aliphatic hydroxyl groups excluding tert-OH is 1. The minimum atomic E-state index is -0.913. The Morgan fingerprint density at radius 3 is 2.33 bits per heavy atom. The van der Waals surface area contributed by atoms with E-state index in [0.717, 1.165) is 17.5 Å². The van der Waals surface area contributed by atoms with Gasteiger partial charge in [-0.3, -0.25) is 14.5 Å². The predicted octanol–water partition coefficient (Wildman–Crippen LogP) is 6.51. The largest absolute Gasteiger partial charge is 0.507 e. The van der Waals surface area contributed by atoms with Gasteiger partial charge in [-0.05, 0) is 73.0 Å². The Labute approximate surface area is 236 Å². The highest BCUT2D eigenvalue weighted by molar-refractivity contribution is 7.22. The summed E-state index contributed by atoms with van der Waals surface area (Å²) in [5, 5.41) is 11.8. The van der Waals surface area contributed by atoms with Crippen LogP contribution < -0.4 is 19.1 Å². The highest BCUT2D eigenvalue weighted by atomic mass is 32.1. The number of ether oxygens (including phenoxy) is 3. The van der Waals surface area contributed by atoms with Gasteiger partial charge in [-0.25, -0.2) is 4.98 Å². The second kappa shape index (κ2) is 11.8. The molecule has 1 aromatic heterocycles. The first kappa shape index (κ1) is 27.2. The minimum Gasteiger partial charge on any atom is -0.507 e. The number of aliphatic hydroxyl groups is 1. The van der Waals surface area contributed by atoms with E-state index in [4.69, 9.17) is 14.2 Å². The first-order valence-corrected chi connectivity index (χ1v) is 14.0. The zero-order chi connectivity index (χ0) is 28.2. The number of ketones is 1. The summed E-state index contributed by atoms with van der Waals surface area (Å²) >= 11 is 1.28. The lowest BCUT2D eigenvalue weighted by molar-refractivity contribution is -0.132. The van der Waals surface area contributed by atoms with Gasteiger partial charge in [0.2, 0.25) is 0 Å². The fraction of sp³-hybridized carbons (Fsp3) is 0.258. The topological polar surface area (TPSA) is 98.2 Å². The van der Waals surface area contributed by atoms with Crippen LogP contribution in [0.25, 0.3) is 16.0 Å². The Morgan fingerprint density at radius 1 is 0.925 bits per heavy atom. The van der Waals surface area contributed by atoms with Crippen LogP contribution in [0, 0.1) is 0 Å². The van der Waals surface area contributed by atoms with Crippen LogP contribution in [0.1, 0.15) is 43.9 Å². The van der Waals surface area contributed by atoms with Gasteiger partial charge in [-0.1, -0.05) is 37.3 Å². The van der Waals surface area contributed by atoms with Crippen LogP contribution >= 0.6 is 11.3 Å². The maximum Gasteiger partial charge on any atom is 0.301 e. The molecule has 0 radical (unpaired) electrons. The molecule has 4 aromatic rings. The lowest BCUT2D eigenvalue weighted by Gasteiger charge is -2.23. The van der Waals surface area contributed by atoms with Gasteiger partial charge in [0, 0.05) is 5.56 Å². The molecule has 9 heteroatoms. The molecule has 206 valence electrons. The third kappa shape index (κ3) is 5.24. The zero-order valence-electron chi connectivity index (χ0n) is 22.5. The average Bonchev–Trinajstić information content (AvgIpc) is 3.52. The second-order valence-corrected chi connectivity index (χ2v) is 10.3. The number of benzene rings is 3. The smallest absolute Gasteiger partial charge is 0.301 e. The Bertz CT molecular complexity index is 1580. The van der Waals surface area contributed by atoms with Crippen LogP contribution in [-0.4, -0.2) is 42.1 Å². The van der Waals surface area contributed by atoms with Crippen LogP contribution in [-0.2, 0) is 9.59 Å². The summed E-state index contributed by atoms with van der Waals surface area (Å²) < 4.78 is 17.6. The van der Waals surface area contributed by atoms with Crippen LogP contribution in [0.2, 0.25) is 0 Å². The first-order chi connectivity index (χ1) is 19.4. The molecular formula is C31H30N2O6S. The van der Waals surface area contributed by atoms with Gasteiger partial charge in [0.15, 0.2) is 5.13 Å². The molecule has 0 aliphatic carbocycles. The minimum absolute atomic E-state index is 0.0169. The number of carbonyl (C=O) groups excluding carboxylic acids is 2. The Hall–Kier alpha value is -4.37. The summed E-state index contributed by atoms with van der Waals surface area (Å²) in [5.41, 5.74) is 1.68. The van der Waals surface area contributed by atoms with Gasteiger partial charge in [-0.2, -0.15) is 0 Å². The molecule has 0 saturated carbocycles. The summed E-state index contributed by atoms with van der Waals surface area (Å²) in [6.45, 7) is 5.12. The molecule has 1 aliphatic rings. The molecule has 8 nitrogen and oxygen atoms in total. The molecule has 1 saturated heterocycles. The van der Waals surface area contributed by atoms with Crippen molar-refractivity contribution in [2.75, 3.05) is 25.2 Å². The van der Waals surface area contributed by atoms with Gasteiger partial charge >= 0.3 is 5.91 Å². The van der Waals surface area contributed by atoms with Crippen LogP contribution in [0.3, 0.4) is 0 Å². The molecule has 1 atom stereocenters. The lowest BCUT2D eigenvalue weighted by Crippen LogP contribution is -2.29. The van der Waals surface area contributed by atoms with E-state index in [9.17, 15) is 14.7 Å². The highest BCUT2D eigenvalue weighted by Crippen LogP contribution is 2.45. The Balaban J connectivity index is 1.64. The summed E-state index contributed by atoms with van der Waals surface area (Å²) in [7, 11) is 1.58. The van der Waals surface area contributed by atoms with Crippen LogP contribution in [0.5, 0.6) is 17.2 Å². The van der Waals surface area contributed by atoms with Crippen molar-refractivity contribution in [1.29, 1.82) is 0 Å². The number of thiazole rings is 1. The van der Waals surface area contributed by atoms with E-state index >= 15 is 0 Å². The first-order valence-electron chi connectivity index (χ1n) is 13.2. The molecule has 1 N–H and O–H groups in total. The molecule has 0 spiro atoms. The third-order valence-corrected chi connectivity index (χ3v) is 7.50. The second-order valence-electron chi connectivity index (χ2n) is 9.29. The summed E-state index contributed by atoms with van der Waals surface area (Å²) in [4.78, 5) is 33.2. The predicted molar refractivity (Wildman–Crippen MR) is 155 cm³/mol. The summed E-state index contributed by atoms with van der Waals surface area (Å²) in [6.07, 6.45) is 1.70. The standard InChI is InChI=1S/C31H30N2O6S/c1-4-15-38-21-11-9-19(10-12-21)28(34)26-27(20-7-6-8-23(17-20)39-16-5-2)33(30(36)29(26)35)31-32-24-14-13-22(37-3)18-25(24)40-31/h6-14,17-18,27,34H,4-5,15-16H2,1-3H3/b28-26+. The number of rotatable bonds is 10. The number of Topliss-reactive ketones (excluding diaryl/α,β-unsaturated/α-hetero) is 1. The molecule has 0 bridgehead atoms. The number of amides is 1. The van der Waals surface area contributed by atoms with E-state index < -0.39 is 17.7 Å². The maximum atomic E-state index is 13.6. The van der Waals surface area contributed by atoms with E-state index in [1.165, 1.54) is 16.2 Å². The zero-order valence-corrected chi connectivity index (χ0v) is 23.4. The number of nitrogens with zero attached hydrogens (tertiary/aromatic N) is 2. The van der Waals surface area contributed by atoms with Crippen molar-refractivity contribution >= 4 is 44.1 Å². The van der Waals surface area contributed by atoms with E-state index in [0.29, 0.717) is 52.2 Å². The highest BCUT2D eigenvalue weighted by Gasteiger charge is 2.48. The van der Waals surface area contributed by atoms with Crippen LogP contribution in [0.15, 0.2) is 72.3 Å². The van der Waals surface area contributed by atoms with E-state index in [1.807, 2.05) is 38.1 Å². The van der Waals surface area contributed by atoms with Crippen molar-refractivity contribution in [3.8, 4) is 17.2 Å². The number of aromatic nitrogens is 1. The van der Waals surface area contributed by atoms with Gasteiger partial charge in [0.05, 0.1) is 42.2 Å². The van der Waals surface area contributed by atoms with Crippen molar-refractivity contribution in [3.05, 3.63) is 83.4 Å². The van der Waals surface area contributed by atoms with Crippen LogP contribution in [0.4, 0.5) is 5.13 Å². The molecule has 5 rings (SSSR count). The normalized spacial score (nSPS) is 16.5. The average molecular weight is 559 g/mol. The molecule has 2 heterocycles. The number of methoxy groups -OCH3 is 1. The number of hydrogen-bond donors (Lipinski definition) is 1. The van der Waals surface area contributed by atoms with Crippen molar-refractivity contribution in [2.24, 2.45) is 0 Å². The molecule has 1 unspecified atom stereocenters. The molecule has 1 aliphatic heterocycles. The monoisotopic (exact) mass is 558 g/mol. The quantitative estimate of drug-likeness (QED) is 0.135. The number of anilines is 1. The Morgan fingerprint density at radius 2 is 1.62 bits per heavy atom. The lowest BCUT2D eigenvalue weighted by atomic mass is 9.95. The van der Waals surface area contributed by atoms with Crippen molar-refractivity contribution in [3.63, 3.8) is 0 Å². The number of hydrogen-bond acceptors (Lipinski definition) is 8. The molecule has 40 heavy (non-hydrogen) atoms. The summed E-state index contributed by atoms with van der Waals surface area (Å²) in [5.74, 6) is 0.104. The van der Waals surface area contributed by atoms with E-state index in [2.05, 4.69) is 4.98 Å². The van der Waals surface area contributed by atoms with E-state index in [1.54, 1.807) is 49.6 Å². The molecular weight excluding hydrogens is 528 g/mol. The fourth-order valence-electron chi connectivity index (χ4n) is 4.55. The van der Waals surface area contributed by atoms with Gasteiger partial charge in [0.25, 0.3) is 5.78 Å². The molecule has 1 fully saturated rings. The van der Waals surface area contributed by atoms with Gasteiger partial charge < -0.3 is 19.3 Å². The molecule has 3 aromatic carbocycles. The summed E-state index contributed by atoms with van der Waals surface area (Å²) in [6, 6.07) is 18.6. The van der Waals surface area contributed by atoms with Crippen molar-refractivity contribution in [1.82, 2.24) is 4.98 Å². The van der Waals surface area contributed by atoms with Crippen molar-refractivity contribution in [2.45, 2.75) is 32.7 Å². The Kier molecular flexibility index (Phi) is 8.02. The van der Waals surface area contributed by atoms with E-state index in [-0.39, 0.29) is 11.3 Å². The molecule has 1 amide bonds. The van der Waals surface area contributed by atoms with Gasteiger partial charge in [-0.15, -0.1) is 0 Å². The third-order valence-electron chi connectivity index (χ3n) is 6.48. The SMILES string of the molecule is CCCOc1ccc(/C(O)=C2\C(=O)C(=O)N(c3nc4ccc(OC)cc4s3)C2c2cccc(OCCC)c2)cc1. The van der Waals surface area contributed by atoms with Gasteiger partial charge in [0.1, 0.15) is 23.0 Å². The number of carbonyl (C=O) groups is 2.